The van der Waals surface area contributed by atoms with E-state index in [1.165, 1.54) is 45.2 Å². The van der Waals surface area contributed by atoms with Crippen molar-refractivity contribution in [2.45, 2.75) is 52.0 Å². The fourth-order valence-electron chi connectivity index (χ4n) is 3.01. The second-order valence-corrected chi connectivity index (χ2v) is 6.80. The predicted molar refractivity (Wildman–Crippen MR) is 102 cm³/mol. The zero-order valence-corrected chi connectivity index (χ0v) is 16.2. The molecule has 0 aromatic carbocycles. The summed E-state index contributed by atoms with van der Waals surface area (Å²) in [6, 6.07) is 0.650. The van der Waals surface area contributed by atoms with Gasteiger partial charge in [-0.25, -0.2) is 0 Å². The maximum Gasteiger partial charge on any atom is 0.191 e. The van der Waals surface area contributed by atoms with Gasteiger partial charge in [0.05, 0.1) is 0 Å². The molecule has 2 N–H and O–H groups in total. The van der Waals surface area contributed by atoms with E-state index in [9.17, 15) is 0 Å². The number of hydrogen-bond acceptors (Lipinski definition) is 2. The molecule has 1 heterocycles. The predicted octanol–water partition coefficient (Wildman–Crippen LogP) is 2.69. The lowest BCUT2D eigenvalue weighted by molar-refractivity contribution is 0.213. The summed E-state index contributed by atoms with van der Waals surface area (Å²) in [7, 11) is 1.87. The Bertz CT molecular complexity index is 309. The van der Waals surface area contributed by atoms with Gasteiger partial charge < -0.3 is 10.6 Å². The number of nitrogens with zero attached hydrogens (tertiary/aromatic N) is 2. The molecule has 2 fully saturated rings. The van der Waals surface area contributed by atoms with E-state index in [1.807, 2.05) is 7.05 Å². The van der Waals surface area contributed by atoms with Crippen LogP contribution in [0.1, 0.15) is 46.0 Å². The molecule has 1 aliphatic carbocycles. The van der Waals surface area contributed by atoms with Gasteiger partial charge in [0.1, 0.15) is 0 Å². The number of hydrogen-bond donors (Lipinski definition) is 2. The summed E-state index contributed by atoms with van der Waals surface area (Å²) < 4.78 is 0. The van der Waals surface area contributed by atoms with Gasteiger partial charge in [0.2, 0.25) is 0 Å². The van der Waals surface area contributed by atoms with Crippen LogP contribution in [0.5, 0.6) is 0 Å². The molecule has 0 bridgehead atoms. The molecule has 0 aromatic rings. The van der Waals surface area contributed by atoms with Crippen molar-refractivity contribution in [2.75, 3.05) is 33.2 Å². The van der Waals surface area contributed by atoms with Crippen LogP contribution < -0.4 is 10.6 Å². The third-order valence-corrected chi connectivity index (χ3v) is 4.38. The third kappa shape index (κ3) is 7.17. The maximum absolute atomic E-state index is 4.34. The number of nitrogens with one attached hydrogen (secondary N) is 2. The Morgan fingerprint density at radius 2 is 1.86 bits per heavy atom. The molecule has 21 heavy (non-hydrogen) atoms. The monoisotopic (exact) mass is 408 g/mol. The van der Waals surface area contributed by atoms with E-state index in [4.69, 9.17) is 0 Å². The normalized spacial score (nSPS) is 21.2. The van der Waals surface area contributed by atoms with Gasteiger partial charge in [0.25, 0.3) is 0 Å². The first kappa shape index (κ1) is 19.0. The molecule has 1 aliphatic heterocycles. The van der Waals surface area contributed by atoms with E-state index in [-0.39, 0.29) is 24.0 Å². The van der Waals surface area contributed by atoms with E-state index in [1.54, 1.807) is 0 Å². The lowest BCUT2D eigenvalue weighted by Crippen LogP contribution is -2.47. The van der Waals surface area contributed by atoms with Crippen LogP contribution >= 0.6 is 24.0 Å². The van der Waals surface area contributed by atoms with Crippen molar-refractivity contribution < 1.29 is 0 Å². The van der Waals surface area contributed by atoms with Crippen molar-refractivity contribution in [1.29, 1.82) is 0 Å². The van der Waals surface area contributed by atoms with Crippen LogP contribution in [0, 0.1) is 11.8 Å². The first-order valence-electron chi connectivity index (χ1n) is 8.37. The Labute approximate surface area is 147 Å². The second-order valence-electron chi connectivity index (χ2n) is 6.80. The number of likely N-dealkylation sites (tertiary alicyclic amines) is 1. The summed E-state index contributed by atoms with van der Waals surface area (Å²) in [5.74, 6) is 2.62. The van der Waals surface area contributed by atoms with Gasteiger partial charge in [0.15, 0.2) is 5.96 Å². The first-order valence-corrected chi connectivity index (χ1v) is 8.37. The van der Waals surface area contributed by atoms with Crippen LogP contribution in [0.4, 0.5) is 0 Å². The highest BCUT2D eigenvalue weighted by atomic mass is 127. The van der Waals surface area contributed by atoms with Crippen molar-refractivity contribution in [1.82, 2.24) is 15.5 Å². The molecule has 4 nitrogen and oxygen atoms in total. The molecule has 5 heteroatoms. The Hall–Kier alpha value is -0.0400. The highest BCUT2D eigenvalue weighted by molar-refractivity contribution is 14.0. The maximum atomic E-state index is 4.34. The molecule has 0 radical (unpaired) electrons. The average molecular weight is 408 g/mol. The molecule has 1 saturated heterocycles. The summed E-state index contributed by atoms with van der Waals surface area (Å²) in [6.07, 6.45) is 6.76. The molecule has 2 aliphatic rings. The van der Waals surface area contributed by atoms with Crippen molar-refractivity contribution in [3.63, 3.8) is 0 Å². The zero-order valence-electron chi connectivity index (χ0n) is 13.9. The number of guanidine groups is 1. The fraction of sp³-hybridized carbons (Fsp3) is 0.938. The van der Waals surface area contributed by atoms with Crippen molar-refractivity contribution >= 4 is 29.9 Å². The van der Waals surface area contributed by atoms with E-state index < -0.39 is 0 Å². The molecule has 0 aromatic heterocycles. The highest BCUT2D eigenvalue weighted by Crippen LogP contribution is 2.27. The van der Waals surface area contributed by atoms with E-state index in [0.29, 0.717) is 6.04 Å². The Balaban J connectivity index is 0.00000220. The van der Waals surface area contributed by atoms with Crippen molar-refractivity contribution in [3.05, 3.63) is 0 Å². The second kappa shape index (κ2) is 9.87. The molecule has 1 saturated carbocycles. The van der Waals surface area contributed by atoms with Crippen LogP contribution in [0.3, 0.4) is 0 Å². The summed E-state index contributed by atoms with van der Waals surface area (Å²) in [4.78, 5) is 7.00. The number of rotatable bonds is 7. The molecular weight excluding hydrogens is 375 g/mol. The molecular formula is C16H33IN4. The van der Waals surface area contributed by atoms with Gasteiger partial charge >= 0.3 is 0 Å². The first-order chi connectivity index (χ1) is 9.69. The Morgan fingerprint density at radius 3 is 2.38 bits per heavy atom. The molecule has 0 spiro atoms. The quantitative estimate of drug-likeness (QED) is 0.387. The third-order valence-electron chi connectivity index (χ3n) is 4.38. The SMILES string of the molecule is CN=C(NCC1CC1)NCC(CC(C)C)N1CCCC1.I. The van der Waals surface area contributed by atoms with E-state index in [0.717, 1.165) is 30.9 Å². The lowest BCUT2D eigenvalue weighted by Gasteiger charge is -2.29. The average Bonchev–Trinajstić information content (AvgIpc) is 3.09. The number of aliphatic imine (C=N–C) groups is 1. The summed E-state index contributed by atoms with van der Waals surface area (Å²) in [5.41, 5.74) is 0. The van der Waals surface area contributed by atoms with E-state index >= 15 is 0 Å². The minimum atomic E-state index is 0. The molecule has 1 atom stereocenters. The van der Waals surface area contributed by atoms with Crippen molar-refractivity contribution in [3.8, 4) is 0 Å². The van der Waals surface area contributed by atoms with Gasteiger partial charge in [0, 0.05) is 26.2 Å². The highest BCUT2D eigenvalue weighted by Gasteiger charge is 2.24. The zero-order chi connectivity index (χ0) is 14.4. The van der Waals surface area contributed by atoms with Gasteiger partial charge in [-0.1, -0.05) is 13.8 Å². The van der Waals surface area contributed by atoms with Gasteiger partial charge in [-0.3, -0.25) is 9.89 Å². The van der Waals surface area contributed by atoms with Crippen LogP contribution in [-0.4, -0.2) is 50.1 Å². The molecule has 2 rings (SSSR count). The molecule has 124 valence electrons. The Morgan fingerprint density at radius 1 is 1.19 bits per heavy atom. The lowest BCUT2D eigenvalue weighted by atomic mass is 10.0. The minimum Gasteiger partial charge on any atom is -0.356 e. The Kier molecular flexibility index (Phi) is 8.94. The van der Waals surface area contributed by atoms with E-state index in [2.05, 4.69) is 34.4 Å². The van der Waals surface area contributed by atoms with Crippen LogP contribution in [0.2, 0.25) is 0 Å². The van der Waals surface area contributed by atoms with Crippen LogP contribution in [0.15, 0.2) is 4.99 Å². The number of halogens is 1. The van der Waals surface area contributed by atoms with Crippen LogP contribution in [0.25, 0.3) is 0 Å². The summed E-state index contributed by atoms with van der Waals surface area (Å²) >= 11 is 0. The van der Waals surface area contributed by atoms with Gasteiger partial charge in [-0.15, -0.1) is 24.0 Å². The standard InChI is InChI=1S/C16H32N4.HI/c1-13(2)10-15(20-8-4-5-9-20)12-19-16(17-3)18-11-14-6-7-14;/h13-15H,4-12H2,1-3H3,(H2,17,18,19);1H. The van der Waals surface area contributed by atoms with Crippen LogP contribution in [-0.2, 0) is 0 Å². The summed E-state index contributed by atoms with van der Waals surface area (Å²) in [5, 5.41) is 6.98. The smallest absolute Gasteiger partial charge is 0.191 e. The largest absolute Gasteiger partial charge is 0.356 e. The summed E-state index contributed by atoms with van der Waals surface area (Å²) in [6.45, 7) is 9.29. The molecule has 1 unspecified atom stereocenters. The van der Waals surface area contributed by atoms with Gasteiger partial charge in [-0.05, 0) is 57.0 Å². The topological polar surface area (TPSA) is 39.7 Å². The minimum absolute atomic E-state index is 0. The fourth-order valence-corrected chi connectivity index (χ4v) is 3.01. The van der Waals surface area contributed by atoms with Crippen molar-refractivity contribution in [2.24, 2.45) is 16.8 Å². The van der Waals surface area contributed by atoms with Gasteiger partial charge in [-0.2, -0.15) is 0 Å². The molecule has 0 amide bonds.